The summed E-state index contributed by atoms with van der Waals surface area (Å²) < 4.78 is 15.1. The second-order valence-electron chi connectivity index (χ2n) is 13.5. The van der Waals surface area contributed by atoms with Gasteiger partial charge in [-0.15, -0.1) is 0 Å². The number of hydrogen-bond donors (Lipinski definition) is 0. The quantitative estimate of drug-likeness (QED) is 0.0645. The molecule has 0 radical (unpaired) electrons. The van der Waals surface area contributed by atoms with Crippen LogP contribution in [-0.4, -0.2) is 74.5 Å². The Balaban J connectivity index is 0.00000433. The summed E-state index contributed by atoms with van der Waals surface area (Å²) in [6, 6.07) is 38.5. The van der Waals surface area contributed by atoms with E-state index < -0.39 is 0 Å². The third-order valence-electron chi connectivity index (χ3n) is 10.8. The van der Waals surface area contributed by atoms with Gasteiger partial charge in [-0.25, -0.2) is 0 Å². The summed E-state index contributed by atoms with van der Waals surface area (Å²) in [5.74, 6) is 2.06. The van der Waals surface area contributed by atoms with E-state index in [1.165, 1.54) is 61.0 Å². The van der Waals surface area contributed by atoms with Crippen molar-refractivity contribution in [3.63, 3.8) is 0 Å². The van der Waals surface area contributed by atoms with Gasteiger partial charge in [0.1, 0.15) is 37.8 Å². The molecule has 4 aromatic rings. The molecule has 0 N–H and O–H groups in total. The standard InChI is InChI=1S/C44H62N2O2.2HI/c1-5-45(6-2,33-35-47-43-29-19-17-27-41(43)37-39-23-13-11-14-24-39)31-21-9-10-22-32-46(7-3,8-4)34-36-48-44-30-20-18-28-42(44)38-40-25-15-12-16-26-40;;/h11-20,23-30H,5-10,21-22,31-38H2,1-4H3;2*1H/q+2;;/p-2. The highest BCUT2D eigenvalue weighted by Gasteiger charge is 2.25. The SMILES string of the molecule is CC[N+](CC)(CCCCCC[N+](CC)(CC)CCOc1ccccc1Cc1ccccc1)CCOc1ccccc1Cc1ccccc1.[I-].[I-]. The highest BCUT2D eigenvalue weighted by Crippen LogP contribution is 2.24. The van der Waals surface area contributed by atoms with Crippen LogP contribution in [0.25, 0.3) is 0 Å². The Morgan fingerprint density at radius 1 is 0.400 bits per heavy atom. The van der Waals surface area contributed by atoms with E-state index in [1.807, 2.05) is 0 Å². The number of para-hydroxylation sites is 2. The molecule has 6 heteroatoms. The predicted octanol–water partition coefficient (Wildman–Crippen LogP) is 3.61. The maximum Gasteiger partial charge on any atom is 0.137 e. The van der Waals surface area contributed by atoms with Gasteiger partial charge >= 0.3 is 0 Å². The molecule has 4 aromatic carbocycles. The smallest absolute Gasteiger partial charge is 0.137 e. The summed E-state index contributed by atoms with van der Waals surface area (Å²) >= 11 is 0. The van der Waals surface area contributed by atoms with Gasteiger partial charge in [0.05, 0.1) is 39.3 Å². The highest BCUT2D eigenvalue weighted by molar-refractivity contribution is 5.38. The minimum atomic E-state index is 0. The zero-order chi connectivity index (χ0) is 33.9. The topological polar surface area (TPSA) is 18.5 Å². The molecule has 0 aliphatic rings. The van der Waals surface area contributed by atoms with E-state index >= 15 is 0 Å². The monoisotopic (exact) mass is 904 g/mol. The van der Waals surface area contributed by atoms with Crippen LogP contribution in [0.15, 0.2) is 109 Å². The summed E-state index contributed by atoms with van der Waals surface area (Å²) in [5.41, 5.74) is 5.18. The van der Waals surface area contributed by atoms with Crippen LogP contribution in [0.2, 0.25) is 0 Å². The normalized spacial score (nSPS) is 11.4. The van der Waals surface area contributed by atoms with Gasteiger partial charge in [-0.3, -0.25) is 0 Å². The van der Waals surface area contributed by atoms with E-state index in [1.54, 1.807) is 0 Å². The lowest BCUT2D eigenvalue weighted by Crippen LogP contribution is -3.00. The van der Waals surface area contributed by atoms with Crippen LogP contribution in [0.1, 0.15) is 75.6 Å². The Bertz CT molecular complexity index is 1330. The lowest BCUT2D eigenvalue weighted by Gasteiger charge is -2.37. The number of halogens is 2. The third kappa shape index (κ3) is 14.1. The second kappa shape index (κ2) is 24.2. The van der Waals surface area contributed by atoms with Gasteiger partial charge in [-0.2, -0.15) is 0 Å². The molecule has 0 aliphatic heterocycles. The van der Waals surface area contributed by atoms with Gasteiger partial charge in [0.2, 0.25) is 0 Å². The summed E-state index contributed by atoms with van der Waals surface area (Å²) in [7, 11) is 0. The van der Waals surface area contributed by atoms with Crippen molar-refractivity contribution < 1.29 is 66.4 Å². The van der Waals surface area contributed by atoms with Crippen LogP contribution in [0.3, 0.4) is 0 Å². The molecule has 50 heavy (non-hydrogen) atoms. The van der Waals surface area contributed by atoms with E-state index in [2.05, 4.69) is 137 Å². The fourth-order valence-electron chi connectivity index (χ4n) is 7.10. The van der Waals surface area contributed by atoms with E-state index in [0.717, 1.165) is 85.8 Å². The van der Waals surface area contributed by atoms with Gasteiger partial charge in [-0.05, 0) is 87.8 Å². The number of rotatable bonds is 23. The number of ether oxygens (including phenoxy) is 2. The third-order valence-corrected chi connectivity index (χ3v) is 10.8. The average molecular weight is 905 g/mol. The molecule has 0 heterocycles. The maximum atomic E-state index is 6.44. The molecule has 0 unspecified atom stereocenters. The zero-order valence-electron chi connectivity index (χ0n) is 31.2. The van der Waals surface area contributed by atoms with Crippen LogP contribution in [0, 0.1) is 0 Å². The molecule has 0 amide bonds. The van der Waals surface area contributed by atoms with Crippen LogP contribution in [0.5, 0.6) is 11.5 Å². The lowest BCUT2D eigenvalue weighted by molar-refractivity contribution is -0.925. The highest BCUT2D eigenvalue weighted by atomic mass is 127. The molecule has 0 atom stereocenters. The number of nitrogens with zero attached hydrogens (tertiary/aromatic N) is 2. The lowest BCUT2D eigenvalue weighted by atomic mass is 10.0. The average Bonchev–Trinajstić information content (AvgIpc) is 3.14. The van der Waals surface area contributed by atoms with Gasteiger partial charge in [0.15, 0.2) is 0 Å². The number of unbranched alkanes of at least 4 members (excludes halogenated alkanes) is 3. The Hall–Kier alpha value is -2.14. The van der Waals surface area contributed by atoms with Crippen molar-refractivity contribution in [3.8, 4) is 11.5 Å². The van der Waals surface area contributed by atoms with Crippen molar-refractivity contribution in [1.29, 1.82) is 0 Å². The van der Waals surface area contributed by atoms with Gasteiger partial charge in [0.25, 0.3) is 0 Å². The van der Waals surface area contributed by atoms with Crippen LogP contribution in [-0.2, 0) is 12.8 Å². The first kappa shape index (κ1) is 44.0. The summed E-state index contributed by atoms with van der Waals surface area (Å²) in [6.07, 6.45) is 6.99. The molecule has 0 bridgehead atoms. The Kier molecular flexibility index (Phi) is 21.3. The summed E-state index contributed by atoms with van der Waals surface area (Å²) in [4.78, 5) is 0. The maximum absolute atomic E-state index is 6.44. The summed E-state index contributed by atoms with van der Waals surface area (Å²) in [6.45, 7) is 20.2. The van der Waals surface area contributed by atoms with Crippen molar-refractivity contribution in [2.75, 3.05) is 65.6 Å². The minimum absolute atomic E-state index is 0. The van der Waals surface area contributed by atoms with Crippen LogP contribution < -0.4 is 57.4 Å². The van der Waals surface area contributed by atoms with E-state index in [-0.39, 0.29) is 48.0 Å². The Morgan fingerprint density at radius 2 is 0.740 bits per heavy atom. The molecule has 4 nitrogen and oxygen atoms in total. The van der Waals surface area contributed by atoms with Crippen LogP contribution in [0.4, 0.5) is 0 Å². The minimum Gasteiger partial charge on any atom is -1.00 e. The molecular weight excluding hydrogens is 842 g/mol. The number of quaternary nitrogens is 2. The van der Waals surface area contributed by atoms with Gasteiger partial charge in [0, 0.05) is 12.8 Å². The van der Waals surface area contributed by atoms with Crippen molar-refractivity contribution in [3.05, 3.63) is 131 Å². The largest absolute Gasteiger partial charge is 1.00 e. The predicted molar refractivity (Wildman–Crippen MR) is 203 cm³/mol. The fraction of sp³-hybridized carbons (Fsp3) is 0.455. The number of benzene rings is 4. The zero-order valence-corrected chi connectivity index (χ0v) is 35.5. The molecule has 0 aromatic heterocycles. The first-order valence-electron chi connectivity index (χ1n) is 18.7. The Morgan fingerprint density at radius 3 is 1.10 bits per heavy atom. The van der Waals surface area contributed by atoms with Crippen LogP contribution >= 0.6 is 0 Å². The molecule has 0 saturated heterocycles. The number of likely N-dealkylation sites (N-methyl/N-ethyl adjacent to an activating group) is 2. The molecule has 0 fully saturated rings. The van der Waals surface area contributed by atoms with Gasteiger partial charge < -0.3 is 66.4 Å². The van der Waals surface area contributed by atoms with Crippen molar-refractivity contribution in [2.24, 2.45) is 0 Å². The fourth-order valence-corrected chi connectivity index (χ4v) is 7.10. The summed E-state index contributed by atoms with van der Waals surface area (Å²) in [5, 5.41) is 0. The van der Waals surface area contributed by atoms with Crippen molar-refractivity contribution in [2.45, 2.75) is 66.2 Å². The van der Waals surface area contributed by atoms with Gasteiger partial charge in [-0.1, -0.05) is 97.1 Å². The Labute approximate surface area is 338 Å². The molecule has 4 rings (SSSR count). The molecule has 274 valence electrons. The number of hydrogen-bond acceptors (Lipinski definition) is 2. The van der Waals surface area contributed by atoms with Crippen molar-refractivity contribution in [1.82, 2.24) is 0 Å². The second-order valence-corrected chi connectivity index (χ2v) is 13.5. The van der Waals surface area contributed by atoms with E-state index in [0.29, 0.717) is 0 Å². The van der Waals surface area contributed by atoms with Crippen molar-refractivity contribution >= 4 is 0 Å². The first-order valence-corrected chi connectivity index (χ1v) is 18.7. The molecular formula is C44H62I2N2O2. The first-order chi connectivity index (χ1) is 23.5. The van der Waals surface area contributed by atoms with E-state index in [9.17, 15) is 0 Å². The van der Waals surface area contributed by atoms with E-state index in [4.69, 9.17) is 9.47 Å². The molecule has 0 aliphatic carbocycles. The molecule has 0 saturated carbocycles. The molecule has 0 spiro atoms.